The minimum Gasteiger partial charge on any atom is -0.497 e. The molecular formula is C22H18FNO2S2. The molecule has 0 radical (unpaired) electrons. The molecule has 0 saturated heterocycles. The van der Waals surface area contributed by atoms with E-state index in [4.69, 9.17) is 14.5 Å². The van der Waals surface area contributed by atoms with Crippen LogP contribution in [0.2, 0.25) is 0 Å². The van der Waals surface area contributed by atoms with Crippen molar-refractivity contribution < 1.29 is 13.9 Å². The molecule has 4 rings (SSSR count). The maximum absolute atomic E-state index is 13.4. The Morgan fingerprint density at radius 3 is 2.36 bits per heavy atom. The zero-order chi connectivity index (χ0) is 19.5. The molecule has 0 fully saturated rings. The van der Waals surface area contributed by atoms with Crippen LogP contribution in [0.3, 0.4) is 0 Å². The Kier molecular flexibility index (Phi) is 5.41. The summed E-state index contributed by atoms with van der Waals surface area (Å²) < 4.78 is 24.4. The Labute approximate surface area is 171 Å². The summed E-state index contributed by atoms with van der Waals surface area (Å²) in [5, 5.41) is 2.99. The van der Waals surface area contributed by atoms with E-state index >= 15 is 0 Å². The number of hydrogen-bond acceptors (Lipinski definition) is 5. The second-order valence-electron chi connectivity index (χ2n) is 6.24. The number of hydrogen-bond donors (Lipinski definition) is 0. The van der Waals surface area contributed by atoms with E-state index in [9.17, 15) is 4.39 Å². The fourth-order valence-electron chi connectivity index (χ4n) is 2.76. The summed E-state index contributed by atoms with van der Waals surface area (Å²) in [5.41, 5.74) is 2.98. The fourth-order valence-corrected chi connectivity index (χ4v) is 4.78. The average molecular weight is 412 g/mol. The third-order valence-corrected chi connectivity index (χ3v) is 6.42. The van der Waals surface area contributed by atoms with Gasteiger partial charge in [-0.05, 0) is 72.5 Å². The molecule has 0 spiro atoms. The van der Waals surface area contributed by atoms with Gasteiger partial charge in [-0.3, -0.25) is 0 Å². The van der Waals surface area contributed by atoms with Crippen LogP contribution in [0.25, 0.3) is 21.0 Å². The first kappa shape index (κ1) is 18.7. The van der Waals surface area contributed by atoms with Gasteiger partial charge in [0.2, 0.25) is 0 Å². The quantitative estimate of drug-likeness (QED) is 0.359. The van der Waals surface area contributed by atoms with Gasteiger partial charge in [-0.25, -0.2) is 9.37 Å². The number of methoxy groups -OCH3 is 1. The van der Waals surface area contributed by atoms with Crippen LogP contribution >= 0.6 is 22.7 Å². The van der Waals surface area contributed by atoms with E-state index in [1.807, 2.05) is 24.3 Å². The maximum Gasteiger partial charge on any atom is 0.140 e. The second-order valence-corrected chi connectivity index (χ2v) is 8.24. The summed E-state index contributed by atoms with van der Waals surface area (Å²) in [5.74, 6) is 1.29. The normalized spacial score (nSPS) is 10.8. The Morgan fingerprint density at radius 1 is 1.00 bits per heavy atom. The zero-order valence-electron chi connectivity index (χ0n) is 15.4. The molecule has 2 heterocycles. The van der Waals surface area contributed by atoms with E-state index < -0.39 is 0 Å². The number of aromatic nitrogens is 1. The van der Waals surface area contributed by atoms with E-state index in [1.165, 1.54) is 17.7 Å². The van der Waals surface area contributed by atoms with E-state index in [0.717, 1.165) is 37.5 Å². The molecule has 0 aliphatic carbocycles. The SMILES string of the molecule is COc1ccc(OCc2nc(-c3ccc(F)cc3)c(-c3cc(C)cs3)s2)cc1. The lowest BCUT2D eigenvalue weighted by Gasteiger charge is -2.05. The molecule has 0 aliphatic rings. The summed E-state index contributed by atoms with van der Waals surface area (Å²) >= 11 is 3.30. The van der Waals surface area contributed by atoms with E-state index in [0.29, 0.717) is 6.61 Å². The molecule has 28 heavy (non-hydrogen) atoms. The number of ether oxygens (including phenoxy) is 2. The van der Waals surface area contributed by atoms with Crippen LogP contribution in [-0.2, 0) is 6.61 Å². The summed E-state index contributed by atoms with van der Waals surface area (Å²) in [7, 11) is 1.64. The highest BCUT2D eigenvalue weighted by Gasteiger charge is 2.17. The number of nitrogens with zero attached hydrogens (tertiary/aromatic N) is 1. The van der Waals surface area contributed by atoms with Crippen molar-refractivity contribution in [1.29, 1.82) is 0 Å². The highest BCUT2D eigenvalue weighted by Crippen LogP contribution is 2.40. The van der Waals surface area contributed by atoms with Gasteiger partial charge in [-0.15, -0.1) is 22.7 Å². The number of rotatable bonds is 6. The van der Waals surface area contributed by atoms with Crippen molar-refractivity contribution in [3.63, 3.8) is 0 Å². The monoisotopic (exact) mass is 411 g/mol. The van der Waals surface area contributed by atoms with Gasteiger partial charge < -0.3 is 9.47 Å². The van der Waals surface area contributed by atoms with Crippen molar-refractivity contribution in [3.05, 3.63) is 76.4 Å². The average Bonchev–Trinajstić information content (AvgIpc) is 3.33. The van der Waals surface area contributed by atoms with Crippen molar-refractivity contribution in [1.82, 2.24) is 4.98 Å². The van der Waals surface area contributed by atoms with Crippen molar-refractivity contribution >= 4 is 22.7 Å². The summed E-state index contributed by atoms with van der Waals surface area (Å²) in [6.07, 6.45) is 0. The number of thiophene rings is 1. The number of thiazole rings is 1. The third-order valence-electron chi connectivity index (χ3n) is 4.17. The fraction of sp³-hybridized carbons (Fsp3) is 0.136. The molecule has 0 atom stereocenters. The molecule has 2 aromatic heterocycles. The molecule has 0 saturated carbocycles. The first-order valence-corrected chi connectivity index (χ1v) is 10.4. The maximum atomic E-state index is 13.4. The lowest BCUT2D eigenvalue weighted by molar-refractivity contribution is 0.305. The highest BCUT2D eigenvalue weighted by molar-refractivity contribution is 7.21. The summed E-state index contributed by atoms with van der Waals surface area (Å²) in [4.78, 5) is 7.04. The lowest BCUT2D eigenvalue weighted by atomic mass is 10.1. The molecule has 0 amide bonds. The predicted molar refractivity (Wildman–Crippen MR) is 113 cm³/mol. The number of aryl methyl sites for hydroxylation is 1. The smallest absolute Gasteiger partial charge is 0.140 e. The van der Waals surface area contributed by atoms with Gasteiger partial charge in [0.25, 0.3) is 0 Å². The molecule has 142 valence electrons. The van der Waals surface area contributed by atoms with Crippen LogP contribution in [0.15, 0.2) is 60.0 Å². The van der Waals surface area contributed by atoms with Crippen molar-refractivity contribution in [2.24, 2.45) is 0 Å². The van der Waals surface area contributed by atoms with Gasteiger partial charge in [-0.1, -0.05) is 0 Å². The Morgan fingerprint density at radius 2 is 1.71 bits per heavy atom. The van der Waals surface area contributed by atoms with Crippen LogP contribution in [0, 0.1) is 12.7 Å². The molecule has 0 N–H and O–H groups in total. The standard InChI is InChI=1S/C22H18FNO2S2/c1-14-11-19(27-13-14)22-21(15-3-5-16(23)6-4-15)24-20(28-22)12-26-18-9-7-17(25-2)8-10-18/h3-11,13H,12H2,1-2H3. The van der Waals surface area contributed by atoms with Gasteiger partial charge in [0.15, 0.2) is 0 Å². The van der Waals surface area contributed by atoms with Crippen molar-refractivity contribution in [2.75, 3.05) is 7.11 Å². The lowest BCUT2D eigenvalue weighted by Crippen LogP contribution is -1.95. The van der Waals surface area contributed by atoms with E-state index in [-0.39, 0.29) is 5.82 Å². The number of benzene rings is 2. The molecule has 2 aromatic carbocycles. The van der Waals surface area contributed by atoms with Gasteiger partial charge in [-0.2, -0.15) is 0 Å². The third kappa shape index (κ3) is 4.08. The summed E-state index contributed by atoms with van der Waals surface area (Å²) in [6, 6.07) is 16.1. The minimum absolute atomic E-state index is 0.254. The van der Waals surface area contributed by atoms with Gasteiger partial charge >= 0.3 is 0 Å². The Hall–Kier alpha value is -2.70. The van der Waals surface area contributed by atoms with Gasteiger partial charge in [0, 0.05) is 10.4 Å². The van der Waals surface area contributed by atoms with Crippen LogP contribution in [0.1, 0.15) is 10.6 Å². The van der Waals surface area contributed by atoms with Crippen LogP contribution in [0.5, 0.6) is 11.5 Å². The second kappa shape index (κ2) is 8.12. The van der Waals surface area contributed by atoms with E-state index in [2.05, 4.69) is 18.4 Å². The minimum atomic E-state index is -0.254. The van der Waals surface area contributed by atoms with Crippen LogP contribution in [0.4, 0.5) is 4.39 Å². The molecular weight excluding hydrogens is 393 g/mol. The van der Waals surface area contributed by atoms with Crippen LogP contribution < -0.4 is 9.47 Å². The first-order chi connectivity index (χ1) is 13.6. The van der Waals surface area contributed by atoms with Gasteiger partial charge in [0.1, 0.15) is 28.9 Å². The van der Waals surface area contributed by atoms with E-state index in [1.54, 1.807) is 41.9 Å². The Balaban J connectivity index is 1.63. The largest absolute Gasteiger partial charge is 0.497 e. The molecule has 3 nitrogen and oxygen atoms in total. The number of halogens is 1. The predicted octanol–water partition coefficient (Wildman–Crippen LogP) is 6.57. The highest BCUT2D eigenvalue weighted by atomic mass is 32.1. The Bertz CT molecular complexity index is 1070. The zero-order valence-corrected chi connectivity index (χ0v) is 17.1. The van der Waals surface area contributed by atoms with Crippen molar-refractivity contribution in [3.8, 4) is 32.5 Å². The topological polar surface area (TPSA) is 31.4 Å². The first-order valence-electron chi connectivity index (χ1n) is 8.70. The van der Waals surface area contributed by atoms with Crippen LogP contribution in [-0.4, -0.2) is 12.1 Å². The molecule has 6 heteroatoms. The molecule has 0 unspecified atom stereocenters. The summed E-state index contributed by atoms with van der Waals surface area (Å²) in [6.45, 7) is 2.45. The molecule has 0 aliphatic heterocycles. The van der Waals surface area contributed by atoms with Crippen molar-refractivity contribution in [2.45, 2.75) is 13.5 Å². The molecule has 4 aromatic rings. The van der Waals surface area contributed by atoms with Gasteiger partial charge in [0.05, 0.1) is 17.7 Å². The molecule has 0 bridgehead atoms.